The van der Waals surface area contributed by atoms with Gasteiger partial charge in [0.1, 0.15) is 0 Å². The zero-order chi connectivity index (χ0) is 33.8. The van der Waals surface area contributed by atoms with Crippen molar-refractivity contribution in [2.24, 2.45) is 5.92 Å². The summed E-state index contributed by atoms with van der Waals surface area (Å²) in [6.07, 6.45) is 29.5. The first-order valence-electron chi connectivity index (χ1n) is 18.2. The quantitative estimate of drug-likeness (QED) is 0.0438. The first-order chi connectivity index (χ1) is 22.3. The molecular weight excluding hydrogens is 582 g/mol. The van der Waals surface area contributed by atoms with Gasteiger partial charge in [-0.15, -0.1) is 0 Å². The van der Waals surface area contributed by atoms with Crippen LogP contribution in [0.4, 0.5) is 0 Å². The van der Waals surface area contributed by atoms with Crippen LogP contribution in [-0.2, 0) is 9.53 Å². The number of aliphatic hydroxyl groups excluding tert-OH is 5. The Morgan fingerprint density at radius 1 is 0.804 bits per heavy atom. The van der Waals surface area contributed by atoms with Gasteiger partial charge >= 0.3 is 0 Å². The molecule has 0 saturated carbocycles. The third-order valence-corrected chi connectivity index (χ3v) is 8.55. The molecule has 0 aromatic carbocycles. The highest BCUT2D eigenvalue weighted by molar-refractivity contribution is 5.76. The van der Waals surface area contributed by atoms with E-state index in [0.29, 0.717) is 25.7 Å². The average molecular weight is 650 g/mol. The molecule has 46 heavy (non-hydrogen) atoms. The van der Waals surface area contributed by atoms with E-state index in [1.807, 2.05) is 18.2 Å². The zero-order valence-corrected chi connectivity index (χ0v) is 28.9. The fraction of sp³-hybridized carbons (Fsp3) is 0.763. The molecule has 6 N–H and O–H groups in total. The van der Waals surface area contributed by atoms with Gasteiger partial charge in [0.25, 0.3) is 0 Å². The summed E-state index contributed by atoms with van der Waals surface area (Å²) < 4.78 is 5.66. The number of amides is 1. The number of carbonyl (C=O) groups is 1. The fourth-order valence-corrected chi connectivity index (χ4v) is 5.63. The minimum Gasteiger partial charge on any atom is -0.394 e. The number of rotatable bonds is 27. The van der Waals surface area contributed by atoms with E-state index in [-0.39, 0.29) is 31.3 Å². The molecule has 1 aliphatic rings. The Labute approximate surface area is 279 Å². The van der Waals surface area contributed by atoms with Gasteiger partial charge in [-0.1, -0.05) is 114 Å². The Kier molecular flexibility index (Phi) is 25.9. The molecule has 1 amide bonds. The van der Waals surface area contributed by atoms with E-state index < -0.39 is 36.7 Å². The molecule has 7 atom stereocenters. The summed E-state index contributed by atoms with van der Waals surface area (Å²) in [5.41, 5.74) is 0. The van der Waals surface area contributed by atoms with E-state index in [1.54, 1.807) is 18.2 Å². The summed E-state index contributed by atoms with van der Waals surface area (Å²) >= 11 is 0. The number of aliphatic hydroxyl groups is 5. The fourth-order valence-electron chi connectivity index (χ4n) is 5.63. The van der Waals surface area contributed by atoms with Crippen LogP contribution in [0.1, 0.15) is 136 Å². The van der Waals surface area contributed by atoms with Crippen molar-refractivity contribution in [3.05, 3.63) is 48.6 Å². The standard InChI is InChI=1S/C38H67NO7/c1-3-5-7-8-9-10-11-12-13-14-15-16-21-25-34(42)33(30-40)39-37(44)26-22-18-17-20-24-32-35(43)29-38(45)46-36(32)28-27-31(41)23-19-6-4-2/h7-8,17,20-21,25,27-28,31-36,38,40-43,45H,3-6,9-16,18-19,22-24,26,29-30H2,1-2H3,(H,39,44)/b8-7-,20-17-,25-21+,28-27+/t31-,32-,33-,34+,35-,36+,38?/m0/s1. The Bertz CT molecular complexity index is 858. The summed E-state index contributed by atoms with van der Waals surface area (Å²) in [5, 5.41) is 53.6. The molecule has 0 radical (unpaired) electrons. The molecule has 8 heteroatoms. The number of hydrogen-bond acceptors (Lipinski definition) is 7. The predicted molar refractivity (Wildman–Crippen MR) is 187 cm³/mol. The maximum atomic E-state index is 12.4. The summed E-state index contributed by atoms with van der Waals surface area (Å²) in [4.78, 5) is 12.4. The van der Waals surface area contributed by atoms with Crippen molar-refractivity contribution in [1.82, 2.24) is 5.32 Å². The molecule has 1 saturated heterocycles. The lowest BCUT2D eigenvalue weighted by molar-refractivity contribution is -0.199. The van der Waals surface area contributed by atoms with Gasteiger partial charge in [0.05, 0.1) is 37.1 Å². The van der Waals surface area contributed by atoms with Crippen molar-refractivity contribution in [1.29, 1.82) is 0 Å². The Hall–Kier alpha value is -1.81. The topological polar surface area (TPSA) is 139 Å². The summed E-state index contributed by atoms with van der Waals surface area (Å²) in [6, 6.07) is -0.732. The molecule has 1 unspecified atom stereocenters. The van der Waals surface area contributed by atoms with E-state index >= 15 is 0 Å². The lowest BCUT2D eigenvalue weighted by atomic mass is 9.87. The second-order valence-corrected chi connectivity index (χ2v) is 12.8. The summed E-state index contributed by atoms with van der Waals surface area (Å²) in [7, 11) is 0. The van der Waals surface area contributed by atoms with E-state index in [2.05, 4.69) is 31.3 Å². The van der Waals surface area contributed by atoms with Crippen LogP contribution in [0.5, 0.6) is 0 Å². The molecule has 0 aromatic heterocycles. The molecule has 1 fully saturated rings. The Morgan fingerprint density at radius 2 is 1.46 bits per heavy atom. The van der Waals surface area contributed by atoms with Crippen LogP contribution in [-0.4, -0.2) is 74.8 Å². The van der Waals surface area contributed by atoms with Crippen LogP contribution in [0.3, 0.4) is 0 Å². The molecule has 0 bridgehead atoms. The lowest BCUT2D eigenvalue weighted by Crippen LogP contribution is -2.45. The molecular formula is C38H67NO7. The number of unbranched alkanes of at least 4 members (excludes halogenated alkanes) is 11. The minimum absolute atomic E-state index is 0.146. The van der Waals surface area contributed by atoms with Crippen LogP contribution in [0, 0.1) is 5.92 Å². The van der Waals surface area contributed by atoms with Crippen LogP contribution < -0.4 is 5.32 Å². The van der Waals surface area contributed by atoms with E-state index in [0.717, 1.165) is 32.1 Å². The molecule has 8 nitrogen and oxygen atoms in total. The average Bonchev–Trinajstić information content (AvgIpc) is 3.03. The van der Waals surface area contributed by atoms with E-state index in [1.165, 1.54) is 51.4 Å². The predicted octanol–water partition coefficient (Wildman–Crippen LogP) is 6.56. The van der Waals surface area contributed by atoms with Gasteiger partial charge in [0.15, 0.2) is 6.29 Å². The number of allylic oxidation sites excluding steroid dienone is 5. The van der Waals surface area contributed by atoms with Gasteiger partial charge in [0, 0.05) is 18.8 Å². The molecule has 0 spiro atoms. The van der Waals surface area contributed by atoms with Crippen molar-refractivity contribution in [2.75, 3.05) is 6.61 Å². The van der Waals surface area contributed by atoms with Crippen molar-refractivity contribution in [2.45, 2.75) is 173 Å². The molecule has 1 heterocycles. The smallest absolute Gasteiger partial charge is 0.220 e. The SMILES string of the molecule is CCC/C=C\CCCCCCCC/C=C/[C@@H](O)[C@H](CO)NC(=O)CCC/C=C\C[C@H]1[C@@H](O)CC(O)O[C@@H]1/C=C/[C@@H](O)CCCCC. The van der Waals surface area contributed by atoms with E-state index in [9.17, 15) is 30.3 Å². The second kappa shape index (κ2) is 28.2. The third-order valence-electron chi connectivity index (χ3n) is 8.55. The van der Waals surface area contributed by atoms with Gasteiger partial charge in [-0.05, 0) is 57.8 Å². The van der Waals surface area contributed by atoms with Crippen molar-refractivity contribution in [3.8, 4) is 0 Å². The zero-order valence-electron chi connectivity index (χ0n) is 28.9. The number of nitrogens with one attached hydrogen (secondary N) is 1. The largest absolute Gasteiger partial charge is 0.394 e. The molecule has 0 aromatic rings. The first-order valence-corrected chi connectivity index (χ1v) is 18.2. The molecule has 266 valence electrons. The third kappa shape index (κ3) is 21.1. The maximum Gasteiger partial charge on any atom is 0.220 e. The van der Waals surface area contributed by atoms with Crippen LogP contribution >= 0.6 is 0 Å². The van der Waals surface area contributed by atoms with Crippen molar-refractivity contribution < 1.29 is 35.1 Å². The van der Waals surface area contributed by atoms with E-state index in [4.69, 9.17) is 4.74 Å². The van der Waals surface area contributed by atoms with Crippen molar-refractivity contribution >= 4 is 5.91 Å². The van der Waals surface area contributed by atoms with Gasteiger partial charge in [-0.25, -0.2) is 0 Å². The Balaban J connectivity index is 2.28. The first kappa shape index (κ1) is 42.2. The Morgan fingerprint density at radius 3 is 2.15 bits per heavy atom. The molecule has 1 rings (SSSR count). The highest BCUT2D eigenvalue weighted by Crippen LogP contribution is 2.29. The monoisotopic (exact) mass is 649 g/mol. The van der Waals surface area contributed by atoms with Gasteiger partial charge in [-0.2, -0.15) is 0 Å². The minimum atomic E-state index is -1.04. The molecule has 1 aliphatic heterocycles. The van der Waals surface area contributed by atoms with Crippen LogP contribution in [0.25, 0.3) is 0 Å². The maximum absolute atomic E-state index is 12.4. The van der Waals surface area contributed by atoms with Crippen molar-refractivity contribution in [3.63, 3.8) is 0 Å². The second-order valence-electron chi connectivity index (χ2n) is 12.8. The summed E-state index contributed by atoms with van der Waals surface area (Å²) in [6.45, 7) is 3.98. The van der Waals surface area contributed by atoms with Gasteiger partial charge in [-0.3, -0.25) is 4.79 Å². The van der Waals surface area contributed by atoms with Crippen LogP contribution in [0.2, 0.25) is 0 Å². The van der Waals surface area contributed by atoms with Crippen LogP contribution in [0.15, 0.2) is 48.6 Å². The number of hydrogen-bond donors (Lipinski definition) is 6. The highest BCUT2D eigenvalue weighted by Gasteiger charge is 2.35. The number of ether oxygens (including phenoxy) is 1. The van der Waals surface area contributed by atoms with Gasteiger partial charge in [0.2, 0.25) is 5.91 Å². The number of carbonyl (C=O) groups excluding carboxylic acids is 1. The lowest BCUT2D eigenvalue weighted by Gasteiger charge is -2.36. The normalized spacial score (nSPS) is 22.8. The summed E-state index contributed by atoms with van der Waals surface area (Å²) in [5.74, 6) is -0.455. The molecule has 0 aliphatic carbocycles. The highest BCUT2D eigenvalue weighted by atomic mass is 16.6. The van der Waals surface area contributed by atoms with Gasteiger partial charge < -0.3 is 35.6 Å².